The van der Waals surface area contributed by atoms with Crippen LogP contribution in [-0.4, -0.2) is 57.4 Å². The van der Waals surface area contributed by atoms with Gasteiger partial charge in [-0.3, -0.25) is 4.79 Å². The van der Waals surface area contributed by atoms with E-state index in [0.29, 0.717) is 31.4 Å². The van der Waals surface area contributed by atoms with E-state index in [2.05, 4.69) is 5.32 Å². The minimum Gasteiger partial charge on any atom is -0.497 e. The fourth-order valence-electron chi connectivity index (χ4n) is 4.15. The van der Waals surface area contributed by atoms with Crippen LogP contribution in [0.5, 0.6) is 5.75 Å². The van der Waals surface area contributed by atoms with E-state index in [9.17, 15) is 18.0 Å². The summed E-state index contributed by atoms with van der Waals surface area (Å²) in [4.78, 5) is 25.2. The number of piperidine rings is 1. The van der Waals surface area contributed by atoms with Crippen LogP contribution < -0.4 is 10.1 Å². The molecule has 1 saturated carbocycles. The third-order valence-corrected chi connectivity index (χ3v) is 7.83. The molecule has 9 heteroatoms. The molecule has 0 radical (unpaired) electrons. The predicted molar refractivity (Wildman–Crippen MR) is 106 cm³/mol. The first-order valence-electron chi connectivity index (χ1n) is 9.87. The number of amides is 1. The van der Waals surface area contributed by atoms with Gasteiger partial charge in [0, 0.05) is 19.0 Å². The Labute approximate surface area is 171 Å². The SMILES string of the molecule is COC(=O)C1(NC(=O)C2CCN(S(=O)(=O)c3ccc(OC)cc3)CC2)CCCC1. The van der Waals surface area contributed by atoms with Crippen molar-refractivity contribution in [2.75, 3.05) is 27.3 Å². The maximum Gasteiger partial charge on any atom is 0.331 e. The van der Waals surface area contributed by atoms with Gasteiger partial charge in [0.1, 0.15) is 11.3 Å². The molecule has 29 heavy (non-hydrogen) atoms. The molecule has 1 aliphatic heterocycles. The minimum absolute atomic E-state index is 0.196. The Balaban J connectivity index is 1.62. The fraction of sp³-hybridized carbons (Fsp3) is 0.600. The van der Waals surface area contributed by atoms with Crippen molar-refractivity contribution in [1.29, 1.82) is 0 Å². The number of methoxy groups -OCH3 is 2. The molecule has 8 nitrogen and oxygen atoms in total. The Kier molecular flexibility index (Phi) is 6.48. The molecule has 1 amide bonds. The van der Waals surface area contributed by atoms with Gasteiger partial charge in [-0.2, -0.15) is 4.31 Å². The summed E-state index contributed by atoms with van der Waals surface area (Å²) in [6, 6.07) is 6.27. The van der Waals surface area contributed by atoms with Crippen LogP contribution >= 0.6 is 0 Å². The molecule has 0 spiro atoms. The van der Waals surface area contributed by atoms with Gasteiger partial charge in [-0.05, 0) is 49.9 Å². The van der Waals surface area contributed by atoms with Gasteiger partial charge in [-0.15, -0.1) is 0 Å². The van der Waals surface area contributed by atoms with E-state index in [1.165, 1.54) is 30.7 Å². The molecular weight excluding hydrogens is 396 g/mol. The monoisotopic (exact) mass is 424 g/mol. The first-order chi connectivity index (χ1) is 13.8. The molecule has 1 aliphatic carbocycles. The summed E-state index contributed by atoms with van der Waals surface area (Å²) in [5.74, 6) is -0.327. The van der Waals surface area contributed by atoms with Crippen LogP contribution in [0.25, 0.3) is 0 Å². The van der Waals surface area contributed by atoms with E-state index in [1.807, 2.05) is 0 Å². The molecule has 2 aliphatic rings. The van der Waals surface area contributed by atoms with Crippen molar-refractivity contribution in [2.24, 2.45) is 5.92 Å². The number of hydrogen-bond donors (Lipinski definition) is 1. The van der Waals surface area contributed by atoms with E-state index in [1.54, 1.807) is 12.1 Å². The van der Waals surface area contributed by atoms with Gasteiger partial charge in [0.15, 0.2) is 0 Å². The zero-order valence-corrected chi connectivity index (χ0v) is 17.7. The van der Waals surface area contributed by atoms with Crippen molar-refractivity contribution in [3.05, 3.63) is 24.3 Å². The van der Waals surface area contributed by atoms with E-state index >= 15 is 0 Å². The van der Waals surface area contributed by atoms with Crippen molar-refractivity contribution in [3.8, 4) is 5.75 Å². The van der Waals surface area contributed by atoms with Crippen molar-refractivity contribution < 1.29 is 27.5 Å². The normalized spacial score (nSPS) is 20.2. The number of carbonyl (C=O) groups excluding carboxylic acids is 2. The molecule has 3 rings (SSSR count). The summed E-state index contributed by atoms with van der Waals surface area (Å²) >= 11 is 0. The summed E-state index contributed by atoms with van der Waals surface area (Å²) in [6.07, 6.45) is 3.73. The van der Waals surface area contributed by atoms with Crippen LogP contribution in [0, 0.1) is 5.92 Å². The smallest absolute Gasteiger partial charge is 0.331 e. The molecular formula is C20H28N2O6S. The second-order valence-electron chi connectivity index (χ2n) is 7.62. The van der Waals surface area contributed by atoms with E-state index < -0.39 is 21.5 Å². The second-order valence-corrected chi connectivity index (χ2v) is 9.56. The largest absolute Gasteiger partial charge is 0.497 e. The maximum absolute atomic E-state index is 12.8. The van der Waals surface area contributed by atoms with Crippen molar-refractivity contribution in [3.63, 3.8) is 0 Å². The quantitative estimate of drug-likeness (QED) is 0.698. The summed E-state index contributed by atoms with van der Waals surface area (Å²) in [7, 11) is -0.763. The van der Waals surface area contributed by atoms with Gasteiger partial charge in [0.2, 0.25) is 15.9 Å². The molecule has 2 fully saturated rings. The first-order valence-corrected chi connectivity index (χ1v) is 11.3. The molecule has 1 heterocycles. The number of benzene rings is 1. The lowest BCUT2D eigenvalue weighted by molar-refractivity contribution is -0.151. The number of sulfonamides is 1. The zero-order valence-electron chi connectivity index (χ0n) is 16.8. The van der Waals surface area contributed by atoms with Crippen LogP contribution in [0.15, 0.2) is 29.2 Å². The van der Waals surface area contributed by atoms with Crippen LogP contribution in [0.1, 0.15) is 38.5 Å². The van der Waals surface area contributed by atoms with Gasteiger partial charge in [-0.1, -0.05) is 12.8 Å². The van der Waals surface area contributed by atoms with Gasteiger partial charge in [0.25, 0.3) is 0 Å². The number of nitrogens with one attached hydrogen (secondary N) is 1. The standard InChI is InChI=1S/C20H28N2O6S/c1-27-16-5-7-17(8-6-16)29(25,26)22-13-9-15(10-14-22)18(23)21-20(19(24)28-2)11-3-4-12-20/h5-8,15H,3-4,9-14H2,1-2H3,(H,21,23). The number of rotatable bonds is 6. The summed E-state index contributed by atoms with van der Waals surface area (Å²) < 4.78 is 37.1. The van der Waals surface area contributed by atoms with Crippen molar-refractivity contribution >= 4 is 21.9 Å². The van der Waals surface area contributed by atoms with E-state index in [4.69, 9.17) is 9.47 Å². The third-order valence-electron chi connectivity index (χ3n) is 5.92. The van der Waals surface area contributed by atoms with Crippen LogP contribution in [-0.2, 0) is 24.3 Å². The second kappa shape index (κ2) is 8.71. The van der Waals surface area contributed by atoms with Gasteiger partial charge >= 0.3 is 5.97 Å². The van der Waals surface area contributed by atoms with Crippen molar-refractivity contribution in [1.82, 2.24) is 9.62 Å². The van der Waals surface area contributed by atoms with Crippen LogP contribution in [0.3, 0.4) is 0 Å². The number of ether oxygens (including phenoxy) is 2. The summed E-state index contributed by atoms with van der Waals surface area (Å²) in [6.45, 7) is 0.523. The molecule has 1 aromatic carbocycles. The Morgan fingerprint density at radius 1 is 1.07 bits per heavy atom. The number of nitrogens with zero attached hydrogens (tertiary/aromatic N) is 1. The Morgan fingerprint density at radius 3 is 2.17 bits per heavy atom. The highest BCUT2D eigenvalue weighted by atomic mass is 32.2. The Morgan fingerprint density at radius 2 is 1.66 bits per heavy atom. The molecule has 0 atom stereocenters. The molecule has 0 aromatic heterocycles. The first kappa shape index (κ1) is 21.6. The predicted octanol–water partition coefficient (Wildman–Crippen LogP) is 1.70. The minimum atomic E-state index is -3.62. The van der Waals surface area contributed by atoms with E-state index in [-0.39, 0.29) is 29.8 Å². The topological polar surface area (TPSA) is 102 Å². The highest BCUT2D eigenvalue weighted by molar-refractivity contribution is 7.89. The maximum atomic E-state index is 12.8. The van der Waals surface area contributed by atoms with Crippen molar-refractivity contribution in [2.45, 2.75) is 49.0 Å². The molecule has 160 valence electrons. The van der Waals surface area contributed by atoms with Gasteiger partial charge < -0.3 is 14.8 Å². The lowest BCUT2D eigenvalue weighted by Gasteiger charge is -2.33. The Bertz CT molecular complexity index is 838. The zero-order chi connectivity index (χ0) is 21.1. The number of esters is 1. The lowest BCUT2D eigenvalue weighted by atomic mass is 9.92. The van der Waals surface area contributed by atoms with Gasteiger partial charge in [0.05, 0.1) is 19.1 Å². The molecule has 1 aromatic rings. The Hall–Kier alpha value is -2.13. The van der Waals surface area contributed by atoms with Crippen LogP contribution in [0.2, 0.25) is 0 Å². The summed E-state index contributed by atoms with van der Waals surface area (Å²) in [5, 5.41) is 2.92. The molecule has 1 N–H and O–H groups in total. The van der Waals surface area contributed by atoms with Crippen LogP contribution in [0.4, 0.5) is 0 Å². The molecule has 1 saturated heterocycles. The average molecular weight is 425 g/mol. The lowest BCUT2D eigenvalue weighted by Crippen LogP contribution is -2.55. The average Bonchev–Trinajstić information content (AvgIpc) is 3.22. The van der Waals surface area contributed by atoms with E-state index in [0.717, 1.165) is 12.8 Å². The highest BCUT2D eigenvalue weighted by Gasteiger charge is 2.45. The molecule has 0 unspecified atom stereocenters. The summed E-state index contributed by atoms with van der Waals surface area (Å²) in [5.41, 5.74) is -0.932. The third kappa shape index (κ3) is 4.40. The van der Waals surface area contributed by atoms with Gasteiger partial charge in [-0.25, -0.2) is 13.2 Å². The fourth-order valence-corrected chi connectivity index (χ4v) is 5.62. The number of hydrogen-bond acceptors (Lipinski definition) is 6. The highest BCUT2D eigenvalue weighted by Crippen LogP contribution is 2.32. The number of carbonyl (C=O) groups is 2. The molecule has 0 bridgehead atoms.